The van der Waals surface area contributed by atoms with Gasteiger partial charge in [-0.25, -0.2) is 9.59 Å². The van der Waals surface area contributed by atoms with Crippen molar-refractivity contribution >= 4 is 29.2 Å². The van der Waals surface area contributed by atoms with Crippen LogP contribution < -0.4 is 5.73 Å². The number of rotatable bonds is 3. The lowest BCUT2D eigenvalue weighted by molar-refractivity contribution is 0.0582. The van der Waals surface area contributed by atoms with Gasteiger partial charge in [0.15, 0.2) is 5.69 Å². The average molecular weight is 334 g/mol. The highest BCUT2D eigenvalue weighted by molar-refractivity contribution is 6.31. The monoisotopic (exact) mass is 333 g/mol. The van der Waals surface area contributed by atoms with E-state index in [0.29, 0.717) is 5.02 Å². The number of ether oxygens (including phenoxy) is 2. The fourth-order valence-corrected chi connectivity index (χ4v) is 2.27. The summed E-state index contributed by atoms with van der Waals surface area (Å²) in [5.41, 5.74) is 6.22. The van der Waals surface area contributed by atoms with E-state index in [2.05, 4.69) is 0 Å². The van der Waals surface area contributed by atoms with E-state index in [0.717, 1.165) is 0 Å². The van der Waals surface area contributed by atoms with Crippen molar-refractivity contribution in [2.24, 2.45) is 0 Å². The highest BCUT2D eigenvalue weighted by Gasteiger charge is 2.24. The predicted molar refractivity (Wildman–Crippen MR) is 82.6 cm³/mol. The minimum absolute atomic E-state index is 0.0369. The second kappa shape index (κ2) is 6.42. The number of aromatic nitrogens is 1. The SMILES string of the molecule is COC(=O)c1cc(Cl)ccc1-n1cc(C#N)c(N)c1C(=O)OC. The van der Waals surface area contributed by atoms with E-state index < -0.39 is 11.9 Å². The van der Waals surface area contributed by atoms with Gasteiger partial charge in [-0.3, -0.25) is 0 Å². The number of methoxy groups -OCH3 is 2. The van der Waals surface area contributed by atoms with E-state index in [1.807, 2.05) is 6.07 Å². The van der Waals surface area contributed by atoms with Crippen molar-refractivity contribution in [1.29, 1.82) is 5.26 Å². The third kappa shape index (κ3) is 2.84. The summed E-state index contributed by atoms with van der Waals surface area (Å²) in [5, 5.41) is 9.43. The van der Waals surface area contributed by atoms with Crippen LogP contribution in [0.3, 0.4) is 0 Å². The molecule has 0 unspecified atom stereocenters. The quantitative estimate of drug-likeness (QED) is 0.862. The lowest BCUT2D eigenvalue weighted by atomic mass is 10.1. The highest BCUT2D eigenvalue weighted by atomic mass is 35.5. The lowest BCUT2D eigenvalue weighted by Gasteiger charge is -2.12. The van der Waals surface area contributed by atoms with Crippen LogP contribution in [0.5, 0.6) is 0 Å². The highest BCUT2D eigenvalue weighted by Crippen LogP contribution is 2.28. The maximum atomic E-state index is 12.0. The summed E-state index contributed by atoms with van der Waals surface area (Å²) >= 11 is 5.91. The Morgan fingerprint density at radius 3 is 2.48 bits per heavy atom. The molecular formula is C15H12ClN3O4. The van der Waals surface area contributed by atoms with Gasteiger partial charge >= 0.3 is 11.9 Å². The maximum Gasteiger partial charge on any atom is 0.357 e. The number of halogens is 1. The number of nitrogens with zero attached hydrogens (tertiary/aromatic N) is 2. The minimum atomic E-state index is -0.741. The van der Waals surface area contributed by atoms with E-state index in [1.54, 1.807) is 0 Å². The Kier molecular flexibility index (Phi) is 4.57. The van der Waals surface area contributed by atoms with Crippen molar-refractivity contribution in [2.75, 3.05) is 20.0 Å². The molecule has 0 aliphatic heterocycles. The number of carbonyl (C=O) groups excluding carboxylic acids is 2. The summed E-state index contributed by atoms with van der Waals surface area (Å²) in [7, 11) is 2.41. The number of hydrogen-bond acceptors (Lipinski definition) is 6. The molecule has 118 valence electrons. The van der Waals surface area contributed by atoms with Crippen LogP contribution in [0, 0.1) is 11.3 Å². The molecule has 2 N–H and O–H groups in total. The first-order valence-electron chi connectivity index (χ1n) is 6.32. The normalized spacial score (nSPS) is 10.0. The largest absolute Gasteiger partial charge is 0.465 e. The standard InChI is InChI=1S/C15H12ClN3O4/c1-22-14(20)10-5-9(16)3-4-11(10)19-7-8(6-17)12(18)13(19)15(21)23-2/h3-5,7H,18H2,1-2H3. The van der Waals surface area contributed by atoms with Gasteiger partial charge in [-0.15, -0.1) is 0 Å². The summed E-state index contributed by atoms with van der Waals surface area (Å²) < 4.78 is 10.7. The van der Waals surface area contributed by atoms with Crippen molar-refractivity contribution in [3.63, 3.8) is 0 Å². The second-order valence-electron chi connectivity index (χ2n) is 4.43. The molecule has 2 aromatic rings. The summed E-state index contributed by atoms with van der Waals surface area (Å²) in [6, 6.07) is 6.33. The lowest BCUT2D eigenvalue weighted by Crippen LogP contribution is -2.14. The van der Waals surface area contributed by atoms with Gasteiger partial charge in [0.05, 0.1) is 36.7 Å². The molecule has 1 aromatic carbocycles. The first kappa shape index (κ1) is 16.4. The number of benzene rings is 1. The van der Waals surface area contributed by atoms with Gasteiger partial charge in [-0.2, -0.15) is 5.26 Å². The third-order valence-corrected chi connectivity index (χ3v) is 3.40. The molecule has 8 heteroatoms. The number of nitrogen functional groups attached to an aromatic ring is 1. The van der Waals surface area contributed by atoms with Crippen LogP contribution in [0.1, 0.15) is 26.4 Å². The van der Waals surface area contributed by atoms with Crippen LogP contribution in [0.2, 0.25) is 5.02 Å². The molecule has 1 heterocycles. The van der Waals surface area contributed by atoms with Crippen molar-refractivity contribution in [3.05, 3.63) is 46.2 Å². The Morgan fingerprint density at radius 2 is 1.91 bits per heavy atom. The van der Waals surface area contributed by atoms with Crippen LogP contribution >= 0.6 is 11.6 Å². The molecule has 0 radical (unpaired) electrons. The van der Waals surface area contributed by atoms with Gasteiger partial charge in [-0.05, 0) is 18.2 Å². The number of nitrogens with two attached hydrogens (primary N) is 1. The third-order valence-electron chi connectivity index (χ3n) is 3.17. The molecule has 0 aliphatic carbocycles. The van der Waals surface area contributed by atoms with Crippen LogP contribution in [-0.4, -0.2) is 30.7 Å². The fourth-order valence-electron chi connectivity index (χ4n) is 2.10. The van der Waals surface area contributed by atoms with E-state index in [-0.39, 0.29) is 28.2 Å². The van der Waals surface area contributed by atoms with Gasteiger partial charge in [0.2, 0.25) is 0 Å². The van der Waals surface area contributed by atoms with Crippen molar-refractivity contribution in [3.8, 4) is 11.8 Å². The zero-order valence-electron chi connectivity index (χ0n) is 12.3. The van der Waals surface area contributed by atoms with Gasteiger partial charge in [0, 0.05) is 11.2 Å². The summed E-state index contributed by atoms with van der Waals surface area (Å²) in [5.74, 6) is -1.39. The van der Waals surface area contributed by atoms with Crippen molar-refractivity contribution < 1.29 is 19.1 Å². The zero-order valence-corrected chi connectivity index (χ0v) is 13.0. The molecule has 0 amide bonds. The van der Waals surface area contributed by atoms with Crippen LogP contribution in [-0.2, 0) is 9.47 Å². The molecular weight excluding hydrogens is 322 g/mol. The molecule has 0 bridgehead atoms. The molecule has 0 saturated heterocycles. The smallest absolute Gasteiger partial charge is 0.357 e. The number of anilines is 1. The Labute approximate surface area is 136 Å². The molecule has 2 rings (SSSR count). The Balaban J connectivity index is 2.80. The average Bonchev–Trinajstić information content (AvgIpc) is 2.89. The first-order chi connectivity index (χ1) is 10.9. The number of carbonyl (C=O) groups is 2. The topological polar surface area (TPSA) is 107 Å². The van der Waals surface area contributed by atoms with E-state index >= 15 is 0 Å². The molecule has 0 fully saturated rings. The van der Waals surface area contributed by atoms with Crippen LogP contribution in [0.4, 0.5) is 5.69 Å². The molecule has 0 aliphatic rings. The zero-order chi connectivity index (χ0) is 17.1. The summed E-state index contributed by atoms with van der Waals surface area (Å²) in [6.07, 6.45) is 1.34. The first-order valence-corrected chi connectivity index (χ1v) is 6.69. The predicted octanol–water partition coefficient (Wildman–Crippen LogP) is 2.16. The van der Waals surface area contributed by atoms with Crippen LogP contribution in [0.25, 0.3) is 5.69 Å². The Bertz CT molecular complexity index is 836. The fraction of sp³-hybridized carbons (Fsp3) is 0.133. The van der Waals surface area contributed by atoms with Crippen molar-refractivity contribution in [1.82, 2.24) is 4.57 Å². The molecule has 0 atom stereocenters. The minimum Gasteiger partial charge on any atom is -0.465 e. The molecule has 0 spiro atoms. The summed E-state index contributed by atoms with van der Waals surface area (Å²) in [6.45, 7) is 0. The Morgan fingerprint density at radius 1 is 1.26 bits per heavy atom. The molecule has 0 saturated carbocycles. The van der Waals surface area contributed by atoms with Crippen LogP contribution in [0.15, 0.2) is 24.4 Å². The number of hydrogen-bond donors (Lipinski definition) is 1. The maximum absolute atomic E-state index is 12.0. The van der Waals surface area contributed by atoms with Gasteiger partial charge in [0.1, 0.15) is 6.07 Å². The van der Waals surface area contributed by atoms with Gasteiger partial charge in [0.25, 0.3) is 0 Å². The summed E-state index contributed by atoms with van der Waals surface area (Å²) in [4.78, 5) is 24.0. The number of esters is 2. The molecule has 23 heavy (non-hydrogen) atoms. The molecule has 7 nitrogen and oxygen atoms in total. The van der Waals surface area contributed by atoms with E-state index in [1.165, 1.54) is 43.2 Å². The second-order valence-corrected chi connectivity index (χ2v) is 4.87. The van der Waals surface area contributed by atoms with Crippen molar-refractivity contribution in [2.45, 2.75) is 0 Å². The van der Waals surface area contributed by atoms with Gasteiger partial charge < -0.3 is 19.8 Å². The van der Waals surface area contributed by atoms with E-state index in [9.17, 15) is 9.59 Å². The molecule has 1 aromatic heterocycles. The van der Waals surface area contributed by atoms with Gasteiger partial charge in [-0.1, -0.05) is 11.6 Å². The number of nitriles is 1. The Hall–Kier alpha value is -2.98. The van der Waals surface area contributed by atoms with E-state index in [4.69, 9.17) is 32.1 Å².